The molecule has 0 aliphatic carbocycles. The van der Waals surface area contributed by atoms with Gasteiger partial charge in [-0.3, -0.25) is 9.48 Å². The van der Waals surface area contributed by atoms with Crippen molar-refractivity contribution >= 4 is 11.6 Å². The summed E-state index contributed by atoms with van der Waals surface area (Å²) in [4.78, 5) is 18.5. The molecule has 1 aromatic carbocycles. The van der Waals surface area contributed by atoms with Gasteiger partial charge >= 0.3 is 0 Å². The second kappa shape index (κ2) is 9.85. The minimum absolute atomic E-state index is 0.0172. The van der Waals surface area contributed by atoms with E-state index in [-0.39, 0.29) is 18.1 Å². The standard InChI is InChI=1S/C26H32N6O2/c1-31-11-9-18(12-24(31)33)8-10-27-25(19-6-4-3-5-7-19)23-16-28-22-13-20(14-29-26(22)34-23)21-15-30-32(2)17-21/h3-7,13-15,17-18,23,25,27-28H,8-12,16H2,1-2H3/t18?,23-,25+/m0/s1. The monoisotopic (exact) mass is 460 g/mol. The van der Waals surface area contributed by atoms with Crippen LogP contribution in [0.15, 0.2) is 55.0 Å². The lowest BCUT2D eigenvalue weighted by molar-refractivity contribution is -0.133. The van der Waals surface area contributed by atoms with Gasteiger partial charge in [-0.1, -0.05) is 30.3 Å². The average Bonchev–Trinajstić information content (AvgIpc) is 3.30. The first-order valence-electron chi connectivity index (χ1n) is 12.0. The van der Waals surface area contributed by atoms with Gasteiger partial charge in [-0.2, -0.15) is 5.10 Å². The van der Waals surface area contributed by atoms with Crippen LogP contribution in [-0.4, -0.2) is 58.4 Å². The molecule has 8 nitrogen and oxygen atoms in total. The quantitative estimate of drug-likeness (QED) is 0.563. The molecule has 0 radical (unpaired) electrons. The van der Waals surface area contributed by atoms with Gasteiger partial charge in [0, 0.05) is 50.6 Å². The van der Waals surface area contributed by atoms with Crippen molar-refractivity contribution in [3.8, 4) is 17.0 Å². The zero-order valence-corrected chi connectivity index (χ0v) is 19.8. The number of aromatic nitrogens is 3. The van der Waals surface area contributed by atoms with E-state index in [1.807, 2.05) is 43.7 Å². The van der Waals surface area contributed by atoms with E-state index in [2.05, 4.69) is 51.0 Å². The molecule has 1 unspecified atom stereocenters. The summed E-state index contributed by atoms with van der Waals surface area (Å²) >= 11 is 0. The van der Waals surface area contributed by atoms with E-state index >= 15 is 0 Å². The molecule has 3 aromatic rings. The van der Waals surface area contributed by atoms with Crippen molar-refractivity contribution in [2.75, 3.05) is 32.0 Å². The van der Waals surface area contributed by atoms with Gasteiger partial charge in [0.25, 0.3) is 0 Å². The van der Waals surface area contributed by atoms with Crippen molar-refractivity contribution in [1.82, 2.24) is 25.0 Å². The molecule has 1 fully saturated rings. The highest BCUT2D eigenvalue weighted by molar-refractivity contribution is 5.76. The molecule has 0 bridgehead atoms. The Labute approximate surface area is 200 Å². The number of ether oxygens (including phenoxy) is 1. The van der Waals surface area contributed by atoms with E-state index in [0.717, 1.165) is 42.7 Å². The fraction of sp³-hybridized carbons (Fsp3) is 0.423. The Morgan fingerprint density at radius 3 is 2.82 bits per heavy atom. The number of rotatable bonds is 7. The summed E-state index contributed by atoms with van der Waals surface area (Å²) in [6.07, 6.45) is 8.23. The molecule has 34 heavy (non-hydrogen) atoms. The Hall–Kier alpha value is -3.39. The van der Waals surface area contributed by atoms with Crippen molar-refractivity contribution in [1.29, 1.82) is 0 Å². The number of piperidine rings is 1. The molecule has 2 N–H and O–H groups in total. The summed E-state index contributed by atoms with van der Waals surface area (Å²) in [6, 6.07) is 12.5. The third-order valence-electron chi connectivity index (χ3n) is 6.86. The lowest BCUT2D eigenvalue weighted by atomic mass is 9.92. The highest BCUT2D eigenvalue weighted by Crippen LogP contribution is 2.34. The average molecular weight is 461 g/mol. The molecule has 5 rings (SSSR count). The Morgan fingerprint density at radius 2 is 2.06 bits per heavy atom. The van der Waals surface area contributed by atoms with Crippen molar-refractivity contribution < 1.29 is 9.53 Å². The summed E-state index contributed by atoms with van der Waals surface area (Å²) in [6.45, 7) is 2.36. The normalized spacial score (nSPS) is 20.9. The molecular weight excluding hydrogens is 428 g/mol. The van der Waals surface area contributed by atoms with E-state index in [4.69, 9.17) is 4.74 Å². The van der Waals surface area contributed by atoms with Gasteiger partial charge in [0.2, 0.25) is 11.8 Å². The number of nitrogens with one attached hydrogen (secondary N) is 2. The first-order chi connectivity index (χ1) is 16.6. The zero-order valence-electron chi connectivity index (χ0n) is 19.8. The van der Waals surface area contributed by atoms with E-state index in [9.17, 15) is 4.79 Å². The number of carbonyl (C=O) groups excluding carboxylic acids is 1. The van der Waals surface area contributed by atoms with Crippen LogP contribution in [0.25, 0.3) is 11.1 Å². The van der Waals surface area contributed by atoms with Crippen LogP contribution in [0.5, 0.6) is 5.88 Å². The molecule has 8 heteroatoms. The molecule has 2 aliphatic rings. The van der Waals surface area contributed by atoms with E-state index in [1.54, 1.807) is 4.68 Å². The van der Waals surface area contributed by atoms with Gasteiger partial charge in [0.1, 0.15) is 6.10 Å². The van der Waals surface area contributed by atoms with Crippen LogP contribution in [0, 0.1) is 5.92 Å². The molecule has 4 heterocycles. The van der Waals surface area contributed by atoms with Crippen LogP contribution >= 0.6 is 0 Å². The van der Waals surface area contributed by atoms with Crippen LogP contribution in [0.2, 0.25) is 0 Å². The third kappa shape index (κ3) is 4.92. The fourth-order valence-electron chi connectivity index (χ4n) is 4.80. The van der Waals surface area contributed by atoms with Crippen molar-refractivity contribution in [2.24, 2.45) is 13.0 Å². The number of amides is 1. The summed E-state index contributed by atoms with van der Waals surface area (Å²) in [7, 11) is 3.80. The lowest BCUT2D eigenvalue weighted by Gasteiger charge is -2.34. The van der Waals surface area contributed by atoms with Gasteiger partial charge in [-0.05, 0) is 36.9 Å². The summed E-state index contributed by atoms with van der Waals surface area (Å²) < 4.78 is 8.18. The molecule has 178 valence electrons. The topological polar surface area (TPSA) is 84.3 Å². The summed E-state index contributed by atoms with van der Waals surface area (Å²) in [5.41, 5.74) is 4.11. The van der Waals surface area contributed by atoms with Crippen LogP contribution in [0.1, 0.15) is 30.9 Å². The number of carbonyl (C=O) groups is 1. The smallest absolute Gasteiger partial charge is 0.237 e. The number of aryl methyl sites for hydroxylation is 1. The van der Waals surface area contributed by atoms with Gasteiger partial charge in [0.15, 0.2) is 0 Å². The molecular formula is C26H32N6O2. The number of nitrogens with zero attached hydrogens (tertiary/aromatic N) is 4. The highest BCUT2D eigenvalue weighted by atomic mass is 16.5. The largest absolute Gasteiger partial charge is 0.469 e. The van der Waals surface area contributed by atoms with Crippen LogP contribution in [0.4, 0.5) is 5.69 Å². The summed E-state index contributed by atoms with van der Waals surface area (Å²) in [5.74, 6) is 1.31. The predicted molar refractivity (Wildman–Crippen MR) is 132 cm³/mol. The maximum absolute atomic E-state index is 12.1. The van der Waals surface area contributed by atoms with Crippen molar-refractivity contribution in [3.63, 3.8) is 0 Å². The third-order valence-corrected chi connectivity index (χ3v) is 6.86. The fourth-order valence-corrected chi connectivity index (χ4v) is 4.80. The number of benzene rings is 1. The first-order valence-corrected chi connectivity index (χ1v) is 12.0. The second-order valence-electron chi connectivity index (χ2n) is 9.32. The van der Waals surface area contributed by atoms with Crippen LogP contribution in [-0.2, 0) is 11.8 Å². The molecule has 0 saturated carbocycles. The van der Waals surface area contributed by atoms with E-state index < -0.39 is 0 Å². The number of anilines is 1. The van der Waals surface area contributed by atoms with Gasteiger partial charge in [0.05, 0.1) is 24.5 Å². The minimum atomic E-state index is -0.106. The molecule has 2 aliphatic heterocycles. The Bertz CT molecular complexity index is 1130. The molecule has 3 atom stereocenters. The number of pyridine rings is 1. The van der Waals surface area contributed by atoms with Crippen molar-refractivity contribution in [3.05, 3.63) is 60.6 Å². The lowest BCUT2D eigenvalue weighted by Crippen LogP contribution is -2.43. The van der Waals surface area contributed by atoms with E-state index in [1.165, 1.54) is 5.56 Å². The first kappa shape index (κ1) is 22.4. The predicted octanol–water partition coefficient (Wildman–Crippen LogP) is 3.24. The number of likely N-dealkylation sites (tertiary alicyclic amines) is 1. The Morgan fingerprint density at radius 1 is 1.21 bits per heavy atom. The number of hydrogen-bond donors (Lipinski definition) is 2. The second-order valence-corrected chi connectivity index (χ2v) is 9.32. The molecule has 1 amide bonds. The molecule has 2 aromatic heterocycles. The maximum atomic E-state index is 12.1. The molecule has 0 spiro atoms. The summed E-state index contributed by atoms with van der Waals surface area (Å²) in [5, 5.41) is 11.5. The van der Waals surface area contributed by atoms with Gasteiger partial charge < -0.3 is 20.3 Å². The zero-order chi connectivity index (χ0) is 23.5. The Balaban J connectivity index is 1.27. The Kier molecular flexibility index (Phi) is 6.49. The van der Waals surface area contributed by atoms with Crippen LogP contribution in [0.3, 0.4) is 0 Å². The number of hydrogen-bond acceptors (Lipinski definition) is 6. The van der Waals surface area contributed by atoms with Crippen LogP contribution < -0.4 is 15.4 Å². The van der Waals surface area contributed by atoms with Gasteiger partial charge in [-0.15, -0.1) is 0 Å². The SMILES string of the molecule is CN1CCC(CCN[C@H](c2ccccc2)[C@@H]2CNc3cc(-c4cnn(C)c4)cnc3O2)CC1=O. The maximum Gasteiger partial charge on any atom is 0.237 e. The van der Waals surface area contributed by atoms with E-state index in [0.29, 0.717) is 24.8 Å². The number of fused-ring (bicyclic) bond motifs is 1. The van der Waals surface area contributed by atoms with Gasteiger partial charge in [-0.25, -0.2) is 4.98 Å². The molecule has 1 saturated heterocycles. The minimum Gasteiger partial charge on any atom is -0.469 e. The highest BCUT2D eigenvalue weighted by Gasteiger charge is 2.30. The van der Waals surface area contributed by atoms with Crippen molar-refractivity contribution in [2.45, 2.75) is 31.4 Å².